The number of sulfonamides is 1. The Morgan fingerprint density at radius 2 is 1.38 bits per heavy atom. The molecule has 5 nitrogen and oxygen atoms in total. The fraction of sp³-hybridized carbons (Fsp3) is 0.133. The van der Waals surface area contributed by atoms with Crippen molar-refractivity contribution in [2.45, 2.75) is 6.92 Å². The number of hydrogen-bond acceptors (Lipinski definition) is 3. The molecule has 2 aromatic carbocycles. The SMILES string of the molecule is Cc1ccc(N(c2ccc(C(=O)O)cc2)S(C)(=O)=O)cc1. The van der Waals surface area contributed by atoms with Crippen molar-refractivity contribution in [2.24, 2.45) is 0 Å². The zero-order valence-electron chi connectivity index (χ0n) is 11.6. The number of aromatic carboxylic acids is 1. The lowest BCUT2D eigenvalue weighted by Gasteiger charge is -2.22. The summed E-state index contributed by atoms with van der Waals surface area (Å²) in [7, 11) is -3.53. The number of aryl methyl sites for hydroxylation is 1. The molecule has 0 radical (unpaired) electrons. The van der Waals surface area contributed by atoms with Gasteiger partial charge in [0, 0.05) is 0 Å². The number of anilines is 2. The fourth-order valence-electron chi connectivity index (χ4n) is 1.95. The summed E-state index contributed by atoms with van der Waals surface area (Å²) < 4.78 is 25.3. The summed E-state index contributed by atoms with van der Waals surface area (Å²) in [4.78, 5) is 10.9. The van der Waals surface area contributed by atoms with Crippen molar-refractivity contribution in [2.75, 3.05) is 10.6 Å². The first-order valence-corrected chi connectivity index (χ1v) is 8.04. The van der Waals surface area contributed by atoms with Crippen LogP contribution in [0.2, 0.25) is 0 Å². The summed E-state index contributed by atoms with van der Waals surface area (Å²) in [5.41, 5.74) is 2.03. The molecule has 2 aromatic rings. The Morgan fingerprint density at radius 1 is 0.952 bits per heavy atom. The minimum absolute atomic E-state index is 0.108. The minimum atomic E-state index is -3.53. The van der Waals surface area contributed by atoms with Crippen LogP contribution in [-0.2, 0) is 10.0 Å². The van der Waals surface area contributed by atoms with Gasteiger partial charge in [0.15, 0.2) is 0 Å². The van der Waals surface area contributed by atoms with Gasteiger partial charge >= 0.3 is 5.97 Å². The highest BCUT2D eigenvalue weighted by molar-refractivity contribution is 7.92. The Bertz CT molecular complexity index is 749. The van der Waals surface area contributed by atoms with Crippen molar-refractivity contribution < 1.29 is 18.3 Å². The zero-order valence-corrected chi connectivity index (χ0v) is 12.5. The predicted molar refractivity (Wildman–Crippen MR) is 81.6 cm³/mol. The fourth-order valence-corrected chi connectivity index (χ4v) is 2.96. The van der Waals surface area contributed by atoms with Crippen LogP contribution in [0.15, 0.2) is 48.5 Å². The average Bonchev–Trinajstić information content (AvgIpc) is 2.40. The highest BCUT2D eigenvalue weighted by Gasteiger charge is 2.19. The van der Waals surface area contributed by atoms with Crippen LogP contribution < -0.4 is 4.31 Å². The molecule has 0 aromatic heterocycles. The molecule has 1 N–H and O–H groups in total. The van der Waals surface area contributed by atoms with Gasteiger partial charge < -0.3 is 5.11 Å². The van der Waals surface area contributed by atoms with E-state index in [0.717, 1.165) is 11.8 Å². The van der Waals surface area contributed by atoms with Gasteiger partial charge in [-0.25, -0.2) is 17.5 Å². The van der Waals surface area contributed by atoms with Crippen LogP contribution in [0.5, 0.6) is 0 Å². The highest BCUT2D eigenvalue weighted by atomic mass is 32.2. The average molecular weight is 305 g/mol. The number of nitrogens with zero attached hydrogens (tertiary/aromatic N) is 1. The van der Waals surface area contributed by atoms with E-state index < -0.39 is 16.0 Å². The van der Waals surface area contributed by atoms with E-state index in [1.807, 2.05) is 19.1 Å². The second-order valence-corrected chi connectivity index (χ2v) is 6.55. The Labute approximate surface area is 123 Å². The summed E-state index contributed by atoms with van der Waals surface area (Å²) in [6, 6.07) is 12.8. The van der Waals surface area contributed by atoms with Gasteiger partial charge in [-0.3, -0.25) is 0 Å². The molecule has 0 spiro atoms. The summed E-state index contributed by atoms with van der Waals surface area (Å²) in [6.45, 7) is 1.91. The molecular weight excluding hydrogens is 290 g/mol. The third kappa shape index (κ3) is 3.41. The molecule has 6 heteroatoms. The molecule has 2 rings (SSSR count). The Morgan fingerprint density at radius 3 is 1.76 bits per heavy atom. The van der Waals surface area contributed by atoms with E-state index in [1.165, 1.54) is 28.6 Å². The van der Waals surface area contributed by atoms with Crippen LogP contribution in [0, 0.1) is 6.92 Å². The number of carbonyl (C=O) groups is 1. The van der Waals surface area contributed by atoms with Gasteiger partial charge in [-0.05, 0) is 43.3 Å². The first kappa shape index (κ1) is 15.1. The molecule has 0 unspecified atom stereocenters. The molecule has 0 atom stereocenters. The normalized spacial score (nSPS) is 11.1. The molecular formula is C15H15NO4S. The van der Waals surface area contributed by atoms with Crippen LogP contribution in [0.25, 0.3) is 0 Å². The van der Waals surface area contributed by atoms with Gasteiger partial charge in [0.25, 0.3) is 0 Å². The minimum Gasteiger partial charge on any atom is -0.478 e. The van der Waals surface area contributed by atoms with Crippen molar-refractivity contribution in [3.8, 4) is 0 Å². The van der Waals surface area contributed by atoms with Gasteiger partial charge in [-0.1, -0.05) is 17.7 Å². The lowest BCUT2D eigenvalue weighted by molar-refractivity contribution is 0.0697. The smallest absolute Gasteiger partial charge is 0.335 e. The molecule has 21 heavy (non-hydrogen) atoms. The van der Waals surface area contributed by atoms with Crippen molar-refractivity contribution in [1.82, 2.24) is 0 Å². The van der Waals surface area contributed by atoms with E-state index in [0.29, 0.717) is 11.4 Å². The monoisotopic (exact) mass is 305 g/mol. The number of benzene rings is 2. The number of hydrogen-bond donors (Lipinski definition) is 1. The van der Waals surface area contributed by atoms with Gasteiger partial charge in [0.05, 0.1) is 23.2 Å². The molecule has 0 saturated heterocycles. The predicted octanol–water partition coefficient (Wildman–Crippen LogP) is 2.79. The van der Waals surface area contributed by atoms with E-state index in [1.54, 1.807) is 12.1 Å². The summed E-state index contributed by atoms with van der Waals surface area (Å²) in [6.07, 6.45) is 1.11. The molecule has 0 aliphatic rings. The van der Waals surface area contributed by atoms with E-state index in [2.05, 4.69) is 0 Å². The number of rotatable bonds is 4. The summed E-state index contributed by atoms with van der Waals surface area (Å²) in [5.74, 6) is -1.05. The molecule has 0 heterocycles. The topological polar surface area (TPSA) is 74.7 Å². The van der Waals surface area contributed by atoms with Crippen LogP contribution in [-0.4, -0.2) is 25.7 Å². The lowest BCUT2D eigenvalue weighted by atomic mass is 10.2. The zero-order chi connectivity index (χ0) is 15.6. The quantitative estimate of drug-likeness (QED) is 0.942. The standard InChI is InChI=1S/C15H15NO4S/c1-11-3-7-13(8-4-11)16(21(2,19)20)14-9-5-12(6-10-14)15(17)18/h3-10H,1-2H3,(H,17,18). The highest BCUT2D eigenvalue weighted by Crippen LogP contribution is 2.28. The van der Waals surface area contributed by atoms with Crippen molar-refractivity contribution in [1.29, 1.82) is 0 Å². The van der Waals surface area contributed by atoms with Gasteiger partial charge in [-0.15, -0.1) is 0 Å². The first-order valence-electron chi connectivity index (χ1n) is 6.19. The largest absolute Gasteiger partial charge is 0.478 e. The third-order valence-corrected chi connectivity index (χ3v) is 4.03. The van der Waals surface area contributed by atoms with Gasteiger partial charge in [0.2, 0.25) is 10.0 Å². The van der Waals surface area contributed by atoms with Crippen molar-refractivity contribution in [3.63, 3.8) is 0 Å². The first-order chi connectivity index (χ1) is 9.79. The second kappa shape index (κ2) is 5.57. The van der Waals surface area contributed by atoms with E-state index in [9.17, 15) is 13.2 Å². The summed E-state index contributed by atoms with van der Waals surface area (Å²) in [5, 5.41) is 8.89. The van der Waals surface area contributed by atoms with E-state index >= 15 is 0 Å². The molecule has 0 saturated carbocycles. The maximum Gasteiger partial charge on any atom is 0.335 e. The van der Waals surface area contributed by atoms with Crippen LogP contribution in [0.4, 0.5) is 11.4 Å². The lowest BCUT2D eigenvalue weighted by Crippen LogP contribution is -2.24. The summed E-state index contributed by atoms with van der Waals surface area (Å²) >= 11 is 0. The van der Waals surface area contributed by atoms with E-state index in [4.69, 9.17) is 5.11 Å². The van der Waals surface area contributed by atoms with Gasteiger partial charge in [-0.2, -0.15) is 0 Å². The Hall–Kier alpha value is -2.34. The van der Waals surface area contributed by atoms with E-state index in [-0.39, 0.29) is 5.56 Å². The molecule has 0 aliphatic carbocycles. The number of carboxylic acids is 1. The van der Waals surface area contributed by atoms with Gasteiger partial charge in [0.1, 0.15) is 0 Å². The number of carboxylic acid groups (broad SMARTS) is 1. The molecule has 110 valence electrons. The second-order valence-electron chi connectivity index (χ2n) is 4.71. The molecule has 0 bridgehead atoms. The molecule has 0 fully saturated rings. The van der Waals surface area contributed by atoms with Crippen molar-refractivity contribution in [3.05, 3.63) is 59.7 Å². The van der Waals surface area contributed by atoms with Crippen LogP contribution in [0.3, 0.4) is 0 Å². The molecule has 0 amide bonds. The van der Waals surface area contributed by atoms with Crippen LogP contribution in [0.1, 0.15) is 15.9 Å². The Kier molecular flexibility index (Phi) is 3.99. The van der Waals surface area contributed by atoms with Crippen LogP contribution >= 0.6 is 0 Å². The maximum atomic E-state index is 12.0. The van der Waals surface area contributed by atoms with Crippen molar-refractivity contribution >= 4 is 27.4 Å². The maximum absolute atomic E-state index is 12.0. The molecule has 0 aliphatic heterocycles. The Balaban J connectivity index is 2.51. The third-order valence-electron chi connectivity index (χ3n) is 2.95.